The number of hydrogen-bond acceptors (Lipinski definition) is 2. The summed E-state index contributed by atoms with van der Waals surface area (Å²) in [6, 6.07) is 13.7. The Labute approximate surface area is 113 Å². The molecule has 0 spiro atoms. The van der Waals surface area contributed by atoms with Crippen molar-refractivity contribution in [2.45, 2.75) is 32.7 Å². The van der Waals surface area contributed by atoms with Crippen LogP contribution in [0, 0.1) is 6.92 Å². The Morgan fingerprint density at radius 3 is 2.58 bits per heavy atom. The molecule has 1 amide bonds. The van der Waals surface area contributed by atoms with Gasteiger partial charge in [0, 0.05) is 6.42 Å². The lowest BCUT2D eigenvalue weighted by Crippen LogP contribution is -2.26. The van der Waals surface area contributed by atoms with Crippen molar-refractivity contribution in [1.82, 2.24) is 5.32 Å². The van der Waals surface area contributed by atoms with E-state index >= 15 is 0 Å². The van der Waals surface area contributed by atoms with E-state index in [9.17, 15) is 4.79 Å². The summed E-state index contributed by atoms with van der Waals surface area (Å²) < 4.78 is 5.49. The normalized spacial score (nSPS) is 12.1. The maximum absolute atomic E-state index is 11.9. The molecule has 0 saturated carbocycles. The van der Waals surface area contributed by atoms with Gasteiger partial charge in [-0.1, -0.05) is 30.3 Å². The third kappa shape index (κ3) is 3.98. The zero-order valence-corrected chi connectivity index (χ0v) is 11.3. The highest BCUT2D eigenvalue weighted by molar-refractivity contribution is 5.76. The molecule has 2 aromatic rings. The van der Waals surface area contributed by atoms with E-state index in [0.29, 0.717) is 6.42 Å². The second-order valence-corrected chi connectivity index (χ2v) is 4.72. The Balaban J connectivity index is 1.81. The molecule has 1 aromatic carbocycles. The highest BCUT2D eigenvalue weighted by Crippen LogP contribution is 2.15. The van der Waals surface area contributed by atoms with Gasteiger partial charge in [-0.25, -0.2) is 0 Å². The zero-order valence-electron chi connectivity index (χ0n) is 11.3. The minimum Gasteiger partial charge on any atom is -0.464 e. The summed E-state index contributed by atoms with van der Waals surface area (Å²) >= 11 is 0. The maximum Gasteiger partial charge on any atom is 0.220 e. The lowest BCUT2D eigenvalue weighted by molar-refractivity contribution is -0.121. The van der Waals surface area contributed by atoms with Gasteiger partial charge >= 0.3 is 0 Å². The van der Waals surface area contributed by atoms with Gasteiger partial charge in [0.25, 0.3) is 0 Å². The molecular formula is C16H19NO2. The molecule has 100 valence electrons. The van der Waals surface area contributed by atoms with Crippen LogP contribution in [-0.4, -0.2) is 5.91 Å². The van der Waals surface area contributed by atoms with Gasteiger partial charge in [0.05, 0.1) is 6.04 Å². The summed E-state index contributed by atoms with van der Waals surface area (Å²) in [5.74, 6) is 1.70. The van der Waals surface area contributed by atoms with Crippen molar-refractivity contribution in [3.8, 4) is 0 Å². The number of nitrogens with one attached hydrogen (secondary N) is 1. The van der Waals surface area contributed by atoms with Gasteiger partial charge in [0.15, 0.2) is 0 Å². The van der Waals surface area contributed by atoms with Crippen LogP contribution in [0.2, 0.25) is 0 Å². The van der Waals surface area contributed by atoms with Gasteiger partial charge in [0.1, 0.15) is 11.5 Å². The second kappa shape index (κ2) is 6.23. The molecule has 1 aromatic heterocycles. The fourth-order valence-electron chi connectivity index (χ4n) is 1.97. The third-order valence-corrected chi connectivity index (χ3v) is 3.05. The van der Waals surface area contributed by atoms with E-state index in [0.717, 1.165) is 17.9 Å². The van der Waals surface area contributed by atoms with E-state index in [1.807, 2.05) is 56.3 Å². The molecule has 1 heterocycles. The largest absolute Gasteiger partial charge is 0.464 e. The molecule has 0 saturated heterocycles. The molecule has 0 bridgehead atoms. The van der Waals surface area contributed by atoms with Crippen LogP contribution in [0.15, 0.2) is 46.9 Å². The quantitative estimate of drug-likeness (QED) is 0.892. The Bertz CT molecular complexity index is 531. The van der Waals surface area contributed by atoms with Crippen molar-refractivity contribution >= 4 is 5.91 Å². The summed E-state index contributed by atoms with van der Waals surface area (Å²) in [4.78, 5) is 11.9. The number of carbonyl (C=O) groups excluding carboxylic acids is 1. The minimum absolute atomic E-state index is 0.0467. The number of rotatable bonds is 5. The topological polar surface area (TPSA) is 42.2 Å². The van der Waals surface area contributed by atoms with Crippen LogP contribution < -0.4 is 5.32 Å². The van der Waals surface area contributed by atoms with Crippen LogP contribution in [0.25, 0.3) is 0 Å². The molecule has 1 atom stereocenters. The van der Waals surface area contributed by atoms with Gasteiger partial charge in [-0.2, -0.15) is 0 Å². The number of benzene rings is 1. The van der Waals surface area contributed by atoms with Crippen molar-refractivity contribution in [3.05, 3.63) is 59.5 Å². The number of carbonyl (C=O) groups is 1. The molecule has 0 aliphatic heterocycles. The predicted molar refractivity (Wildman–Crippen MR) is 74.8 cm³/mol. The first-order valence-electron chi connectivity index (χ1n) is 6.55. The van der Waals surface area contributed by atoms with Gasteiger partial charge in [0.2, 0.25) is 5.91 Å². The first-order valence-corrected chi connectivity index (χ1v) is 6.55. The second-order valence-electron chi connectivity index (χ2n) is 4.72. The number of furan rings is 1. The number of amides is 1. The smallest absolute Gasteiger partial charge is 0.220 e. The van der Waals surface area contributed by atoms with Crippen LogP contribution in [0.4, 0.5) is 0 Å². The monoisotopic (exact) mass is 257 g/mol. The maximum atomic E-state index is 11.9. The number of aryl methyl sites for hydroxylation is 2. The summed E-state index contributed by atoms with van der Waals surface area (Å²) in [6.07, 6.45) is 1.25. The van der Waals surface area contributed by atoms with Crippen LogP contribution >= 0.6 is 0 Å². The van der Waals surface area contributed by atoms with Crippen molar-refractivity contribution in [1.29, 1.82) is 0 Å². The average molecular weight is 257 g/mol. The SMILES string of the molecule is Cc1ccc(C(C)NC(=O)CCc2ccccc2)o1. The molecule has 1 unspecified atom stereocenters. The van der Waals surface area contributed by atoms with Crippen molar-refractivity contribution in [2.75, 3.05) is 0 Å². The van der Waals surface area contributed by atoms with E-state index in [1.54, 1.807) is 0 Å². The molecule has 2 rings (SSSR count). The minimum atomic E-state index is -0.0861. The third-order valence-electron chi connectivity index (χ3n) is 3.05. The molecule has 19 heavy (non-hydrogen) atoms. The van der Waals surface area contributed by atoms with Crippen LogP contribution in [-0.2, 0) is 11.2 Å². The average Bonchev–Trinajstić information content (AvgIpc) is 2.84. The van der Waals surface area contributed by atoms with Crippen LogP contribution in [0.5, 0.6) is 0 Å². The molecule has 3 heteroatoms. The van der Waals surface area contributed by atoms with Gasteiger partial charge in [-0.3, -0.25) is 4.79 Å². The molecule has 3 nitrogen and oxygen atoms in total. The molecular weight excluding hydrogens is 238 g/mol. The summed E-state index contributed by atoms with van der Waals surface area (Å²) in [5.41, 5.74) is 1.18. The highest BCUT2D eigenvalue weighted by Gasteiger charge is 2.12. The van der Waals surface area contributed by atoms with Gasteiger partial charge in [-0.05, 0) is 38.0 Å². The van der Waals surface area contributed by atoms with E-state index in [2.05, 4.69) is 5.32 Å². The zero-order chi connectivity index (χ0) is 13.7. The summed E-state index contributed by atoms with van der Waals surface area (Å²) in [7, 11) is 0. The van der Waals surface area contributed by atoms with E-state index in [-0.39, 0.29) is 11.9 Å². The Morgan fingerprint density at radius 1 is 1.21 bits per heavy atom. The fraction of sp³-hybridized carbons (Fsp3) is 0.312. The van der Waals surface area contributed by atoms with Crippen molar-refractivity contribution < 1.29 is 9.21 Å². The van der Waals surface area contributed by atoms with Crippen LogP contribution in [0.3, 0.4) is 0 Å². The molecule has 0 fully saturated rings. The van der Waals surface area contributed by atoms with E-state index in [1.165, 1.54) is 5.56 Å². The molecule has 0 aliphatic rings. The Kier molecular flexibility index (Phi) is 4.39. The standard InChI is InChI=1S/C16H19NO2/c1-12-8-10-15(19-12)13(2)17-16(18)11-9-14-6-4-3-5-7-14/h3-8,10,13H,9,11H2,1-2H3,(H,17,18). The van der Waals surface area contributed by atoms with Gasteiger partial charge < -0.3 is 9.73 Å². The van der Waals surface area contributed by atoms with Crippen molar-refractivity contribution in [3.63, 3.8) is 0 Å². The highest BCUT2D eigenvalue weighted by atomic mass is 16.3. The summed E-state index contributed by atoms with van der Waals surface area (Å²) in [6.45, 7) is 3.83. The van der Waals surface area contributed by atoms with Crippen LogP contribution in [0.1, 0.15) is 36.5 Å². The number of hydrogen-bond donors (Lipinski definition) is 1. The van der Waals surface area contributed by atoms with Gasteiger partial charge in [-0.15, -0.1) is 0 Å². The van der Waals surface area contributed by atoms with Crippen molar-refractivity contribution in [2.24, 2.45) is 0 Å². The lowest BCUT2D eigenvalue weighted by atomic mass is 10.1. The lowest BCUT2D eigenvalue weighted by Gasteiger charge is -2.11. The van der Waals surface area contributed by atoms with E-state index < -0.39 is 0 Å². The fourth-order valence-corrected chi connectivity index (χ4v) is 1.97. The predicted octanol–water partition coefficient (Wildman–Crippen LogP) is 3.40. The first-order chi connectivity index (χ1) is 9.15. The van der Waals surface area contributed by atoms with E-state index in [4.69, 9.17) is 4.42 Å². The first kappa shape index (κ1) is 13.4. The molecule has 0 radical (unpaired) electrons. The molecule has 1 N–H and O–H groups in total. The molecule has 0 aliphatic carbocycles. The Morgan fingerprint density at radius 2 is 1.95 bits per heavy atom. The Hall–Kier alpha value is -2.03. The summed E-state index contributed by atoms with van der Waals surface area (Å²) in [5, 5.41) is 2.95.